The Bertz CT molecular complexity index is 476. The number of amides is 1. The third-order valence-electron chi connectivity index (χ3n) is 4.24. The summed E-state index contributed by atoms with van der Waals surface area (Å²) >= 11 is 0. The minimum Gasteiger partial charge on any atom is -0.379 e. The molecule has 0 radical (unpaired) electrons. The molecule has 1 amide bonds. The van der Waals surface area contributed by atoms with Crippen LogP contribution >= 0.6 is 0 Å². The van der Waals surface area contributed by atoms with Gasteiger partial charge < -0.3 is 15.0 Å². The number of likely N-dealkylation sites (N-methyl/N-ethyl adjacent to an activating group) is 1. The van der Waals surface area contributed by atoms with Crippen molar-refractivity contribution in [1.82, 2.24) is 15.2 Å². The van der Waals surface area contributed by atoms with E-state index < -0.39 is 0 Å². The number of hydrogen-bond donors (Lipinski definition) is 1. The minimum atomic E-state index is -0.0487. The van der Waals surface area contributed by atoms with Crippen molar-refractivity contribution in [3.05, 3.63) is 30.1 Å². The molecule has 1 aromatic rings. The van der Waals surface area contributed by atoms with Gasteiger partial charge in [-0.1, -0.05) is 6.92 Å². The van der Waals surface area contributed by atoms with Crippen LogP contribution in [0.15, 0.2) is 24.5 Å². The zero-order valence-corrected chi connectivity index (χ0v) is 12.5. The largest absolute Gasteiger partial charge is 0.379 e. The van der Waals surface area contributed by atoms with Gasteiger partial charge in [0.25, 0.3) is 0 Å². The van der Waals surface area contributed by atoms with Crippen molar-refractivity contribution < 1.29 is 9.53 Å². The molecule has 2 aliphatic rings. The molecule has 0 bridgehead atoms. The van der Waals surface area contributed by atoms with Crippen LogP contribution in [0.2, 0.25) is 0 Å². The van der Waals surface area contributed by atoms with Gasteiger partial charge in [0.2, 0.25) is 5.91 Å². The average molecular weight is 289 g/mol. The maximum Gasteiger partial charge on any atom is 0.230 e. The van der Waals surface area contributed by atoms with Gasteiger partial charge in [-0.05, 0) is 37.1 Å². The van der Waals surface area contributed by atoms with E-state index in [0.29, 0.717) is 25.8 Å². The van der Waals surface area contributed by atoms with Crippen molar-refractivity contribution >= 4 is 5.91 Å². The second-order valence-corrected chi connectivity index (χ2v) is 5.86. The summed E-state index contributed by atoms with van der Waals surface area (Å²) in [5.74, 6) is 0.185. The molecule has 2 heterocycles. The Balaban J connectivity index is 1.70. The molecule has 0 aromatic carbocycles. The van der Waals surface area contributed by atoms with Crippen molar-refractivity contribution in [1.29, 1.82) is 0 Å². The molecule has 1 aromatic heterocycles. The van der Waals surface area contributed by atoms with Crippen LogP contribution in [0.1, 0.15) is 25.3 Å². The molecule has 0 spiro atoms. The number of carbonyl (C=O) groups excluding carboxylic acids is 1. The first-order valence-electron chi connectivity index (χ1n) is 7.80. The highest BCUT2D eigenvalue weighted by Crippen LogP contribution is 2.31. The Labute approximate surface area is 125 Å². The quantitative estimate of drug-likeness (QED) is 0.855. The summed E-state index contributed by atoms with van der Waals surface area (Å²) in [5, 5.41) is 3.37. The zero-order valence-electron chi connectivity index (χ0n) is 12.5. The first kappa shape index (κ1) is 14.5. The first-order chi connectivity index (χ1) is 10.3. The molecule has 5 nitrogen and oxygen atoms in total. The number of hydrogen-bond acceptors (Lipinski definition) is 4. The number of nitrogens with zero attached hydrogens (tertiary/aromatic N) is 2. The maximum absolute atomic E-state index is 12.9. The van der Waals surface area contributed by atoms with Crippen LogP contribution in [-0.4, -0.2) is 47.6 Å². The highest BCUT2D eigenvalue weighted by molar-refractivity contribution is 5.80. The molecule has 1 aliphatic heterocycles. The van der Waals surface area contributed by atoms with Crippen molar-refractivity contribution in [2.45, 2.75) is 38.4 Å². The predicted octanol–water partition coefficient (Wildman–Crippen LogP) is 1.20. The number of ether oxygens (including phenoxy) is 1. The summed E-state index contributed by atoms with van der Waals surface area (Å²) < 4.78 is 5.52. The van der Waals surface area contributed by atoms with Gasteiger partial charge in [-0.15, -0.1) is 0 Å². The van der Waals surface area contributed by atoms with Crippen molar-refractivity contribution in [3.8, 4) is 0 Å². The molecule has 1 saturated heterocycles. The van der Waals surface area contributed by atoms with E-state index in [1.807, 2.05) is 17.0 Å². The SMILES string of the molecule is CCNC1COCC1C(=O)N(Cc1ccncc1)C1CC1. The molecule has 114 valence electrons. The second kappa shape index (κ2) is 6.54. The van der Waals surface area contributed by atoms with Crippen molar-refractivity contribution in [3.63, 3.8) is 0 Å². The fourth-order valence-electron chi connectivity index (χ4n) is 2.93. The van der Waals surface area contributed by atoms with E-state index in [1.165, 1.54) is 0 Å². The summed E-state index contributed by atoms with van der Waals surface area (Å²) in [4.78, 5) is 19.0. The summed E-state index contributed by atoms with van der Waals surface area (Å²) in [7, 11) is 0. The minimum absolute atomic E-state index is 0.0487. The predicted molar refractivity (Wildman–Crippen MR) is 79.6 cm³/mol. The van der Waals surface area contributed by atoms with Crippen LogP contribution in [0.5, 0.6) is 0 Å². The lowest BCUT2D eigenvalue weighted by Gasteiger charge is -2.28. The average Bonchev–Trinajstić information content (AvgIpc) is 3.25. The fraction of sp³-hybridized carbons (Fsp3) is 0.625. The topological polar surface area (TPSA) is 54.5 Å². The molecule has 3 rings (SSSR count). The van der Waals surface area contributed by atoms with Gasteiger partial charge in [-0.25, -0.2) is 0 Å². The van der Waals surface area contributed by atoms with E-state index >= 15 is 0 Å². The summed E-state index contributed by atoms with van der Waals surface area (Å²) in [5.41, 5.74) is 1.14. The van der Waals surface area contributed by atoms with Gasteiger partial charge in [-0.2, -0.15) is 0 Å². The fourth-order valence-corrected chi connectivity index (χ4v) is 2.93. The van der Waals surface area contributed by atoms with E-state index in [9.17, 15) is 4.79 Å². The molecule has 2 unspecified atom stereocenters. The lowest BCUT2D eigenvalue weighted by Crippen LogP contribution is -2.46. The molecular formula is C16H23N3O2. The van der Waals surface area contributed by atoms with E-state index in [1.54, 1.807) is 12.4 Å². The van der Waals surface area contributed by atoms with Gasteiger partial charge in [0, 0.05) is 31.0 Å². The number of pyridine rings is 1. The van der Waals surface area contributed by atoms with Crippen LogP contribution < -0.4 is 5.32 Å². The Morgan fingerprint density at radius 2 is 2.14 bits per heavy atom. The van der Waals surface area contributed by atoms with E-state index in [-0.39, 0.29) is 17.9 Å². The van der Waals surface area contributed by atoms with Crippen LogP contribution in [0, 0.1) is 5.92 Å². The smallest absolute Gasteiger partial charge is 0.230 e. The van der Waals surface area contributed by atoms with Gasteiger partial charge >= 0.3 is 0 Å². The molecule has 21 heavy (non-hydrogen) atoms. The van der Waals surface area contributed by atoms with Gasteiger partial charge in [0.05, 0.1) is 19.1 Å². The molecule has 2 fully saturated rings. The standard InChI is InChI=1S/C16H23N3O2/c1-2-18-15-11-21-10-14(15)16(20)19(13-3-4-13)9-12-5-7-17-8-6-12/h5-8,13-15,18H,2-4,9-11H2,1H3. The maximum atomic E-state index is 12.9. The summed E-state index contributed by atoms with van der Waals surface area (Å²) in [6.45, 7) is 4.79. The highest BCUT2D eigenvalue weighted by Gasteiger charge is 2.41. The molecule has 1 aliphatic carbocycles. The van der Waals surface area contributed by atoms with E-state index in [4.69, 9.17) is 4.74 Å². The van der Waals surface area contributed by atoms with Crippen LogP contribution in [0.25, 0.3) is 0 Å². The number of carbonyl (C=O) groups is 1. The van der Waals surface area contributed by atoms with Crippen molar-refractivity contribution in [2.75, 3.05) is 19.8 Å². The second-order valence-electron chi connectivity index (χ2n) is 5.86. The number of rotatable bonds is 6. The lowest BCUT2D eigenvalue weighted by atomic mass is 10.0. The summed E-state index contributed by atoms with van der Waals surface area (Å²) in [6.07, 6.45) is 5.81. The Kier molecular flexibility index (Phi) is 4.51. The van der Waals surface area contributed by atoms with Crippen LogP contribution in [0.4, 0.5) is 0 Å². The third kappa shape index (κ3) is 3.41. The first-order valence-corrected chi connectivity index (χ1v) is 7.80. The molecule has 2 atom stereocenters. The lowest BCUT2D eigenvalue weighted by molar-refractivity contribution is -0.137. The van der Waals surface area contributed by atoms with Gasteiger partial charge in [0.1, 0.15) is 0 Å². The van der Waals surface area contributed by atoms with Crippen LogP contribution in [-0.2, 0) is 16.1 Å². The molecule has 5 heteroatoms. The normalized spacial score (nSPS) is 25.0. The van der Waals surface area contributed by atoms with Crippen LogP contribution in [0.3, 0.4) is 0 Å². The van der Waals surface area contributed by atoms with Gasteiger partial charge in [0.15, 0.2) is 0 Å². The highest BCUT2D eigenvalue weighted by atomic mass is 16.5. The molecular weight excluding hydrogens is 266 g/mol. The monoisotopic (exact) mass is 289 g/mol. The number of nitrogens with one attached hydrogen (secondary N) is 1. The van der Waals surface area contributed by atoms with Gasteiger partial charge in [-0.3, -0.25) is 9.78 Å². The Morgan fingerprint density at radius 1 is 1.38 bits per heavy atom. The third-order valence-corrected chi connectivity index (χ3v) is 4.24. The molecule has 1 N–H and O–H groups in total. The van der Waals surface area contributed by atoms with E-state index in [2.05, 4.69) is 17.2 Å². The number of aromatic nitrogens is 1. The molecule has 1 saturated carbocycles. The van der Waals surface area contributed by atoms with Crippen molar-refractivity contribution in [2.24, 2.45) is 5.92 Å². The Hall–Kier alpha value is -1.46. The van der Waals surface area contributed by atoms with E-state index in [0.717, 1.165) is 24.9 Å². The zero-order chi connectivity index (χ0) is 14.7. The Morgan fingerprint density at radius 3 is 2.81 bits per heavy atom. The summed E-state index contributed by atoms with van der Waals surface area (Å²) in [6, 6.07) is 4.53.